The molecule has 2 aromatic rings. The van der Waals surface area contributed by atoms with Crippen LogP contribution in [0.4, 0.5) is 0 Å². The van der Waals surface area contributed by atoms with Gasteiger partial charge in [-0.25, -0.2) is 9.59 Å². The van der Waals surface area contributed by atoms with E-state index >= 15 is 0 Å². The van der Waals surface area contributed by atoms with Gasteiger partial charge in [-0.1, -0.05) is 42.5 Å². The van der Waals surface area contributed by atoms with Crippen LogP contribution in [0.25, 0.3) is 0 Å². The molecule has 1 saturated carbocycles. The van der Waals surface area contributed by atoms with Crippen molar-refractivity contribution in [1.29, 1.82) is 0 Å². The topological polar surface area (TPSA) is 122 Å². The van der Waals surface area contributed by atoms with Gasteiger partial charge in [-0.3, -0.25) is 14.4 Å². The maximum atomic E-state index is 13.0. The summed E-state index contributed by atoms with van der Waals surface area (Å²) in [5.74, 6) is -2.89. The zero-order chi connectivity index (χ0) is 29.6. The first kappa shape index (κ1) is 31.3. The van der Waals surface area contributed by atoms with Crippen molar-refractivity contribution >= 4 is 29.7 Å². The highest BCUT2D eigenvalue weighted by molar-refractivity contribution is 5.91. The number of methoxy groups -OCH3 is 2. The first-order chi connectivity index (χ1) is 19.8. The van der Waals surface area contributed by atoms with Gasteiger partial charge in [-0.05, 0) is 49.6 Å². The molecule has 3 rings (SSSR count). The number of carbonyl (C=O) groups is 5. The van der Waals surface area contributed by atoms with E-state index in [0.29, 0.717) is 30.4 Å². The SMILES string of the molecule is COC(=O)CCCCC(=O)/C=C/[C@@H]1[C@H](CCC(=O)OC)[C@@H](OC(=O)c2ccccc2)C[C@H]1OC(=O)c1ccccc1. The Kier molecular flexibility index (Phi) is 12.3. The maximum Gasteiger partial charge on any atom is 0.338 e. The zero-order valence-corrected chi connectivity index (χ0v) is 23.4. The summed E-state index contributed by atoms with van der Waals surface area (Å²) >= 11 is 0. The quantitative estimate of drug-likeness (QED) is 0.137. The fraction of sp³-hybridized carbons (Fsp3) is 0.406. The number of benzene rings is 2. The molecule has 0 N–H and O–H groups in total. The largest absolute Gasteiger partial charge is 0.469 e. The van der Waals surface area contributed by atoms with Crippen LogP contribution in [0.1, 0.15) is 65.7 Å². The summed E-state index contributed by atoms with van der Waals surface area (Å²) in [6.07, 6.45) is 3.80. The zero-order valence-electron chi connectivity index (χ0n) is 23.4. The van der Waals surface area contributed by atoms with Gasteiger partial charge >= 0.3 is 23.9 Å². The molecule has 0 aromatic heterocycles. The minimum absolute atomic E-state index is 0.0612. The van der Waals surface area contributed by atoms with Gasteiger partial charge in [0.05, 0.1) is 25.3 Å². The molecule has 0 radical (unpaired) electrons. The first-order valence-corrected chi connectivity index (χ1v) is 13.7. The fourth-order valence-electron chi connectivity index (χ4n) is 4.91. The average molecular weight is 565 g/mol. The molecule has 0 bridgehead atoms. The van der Waals surface area contributed by atoms with E-state index < -0.39 is 42.0 Å². The second kappa shape index (κ2) is 16.1. The summed E-state index contributed by atoms with van der Waals surface area (Å²) in [5, 5.41) is 0. The Bertz CT molecular complexity index is 1210. The van der Waals surface area contributed by atoms with Crippen LogP contribution >= 0.6 is 0 Å². The lowest BCUT2D eigenvalue weighted by Crippen LogP contribution is -2.27. The minimum Gasteiger partial charge on any atom is -0.469 e. The number of allylic oxidation sites excluding steroid dienone is 1. The van der Waals surface area contributed by atoms with Crippen molar-refractivity contribution < 1.29 is 42.9 Å². The van der Waals surface area contributed by atoms with Crippen LogP contribution in [0.3, 0.4) is 0 Å². The van der Waals surface area contributed by atoms with Gasteiger partial charge in [0, 0.05) is 37.5 Å². The number of esters is 4. The monoisotopic (exact) mass is 564 g/mol. The van der Waals surface area contributed by atoms with Crippen LogP contribution in [-0.4, -0.2) is 56.1 Å². The molecular weight excluding hydrogens is 528 g/mol. The van der Waals surface area contributed by atoms with E-state index in [1.165, 1.54) is 20.3 Å². The molecule has 1 aliphatic carbocycles. The van der Waals surface area contributed by atoms with Crippen molar-refractivity contribution in [3.8, 4) is 0 Å². The van der Waals surface area contributed by atoms with Crippen molar-refractivity contribution in [3.05, 3.63) is 83.9 Å². The van der Waals surface area contributed by atoms with E-state index in [-0.39, 0.29) is 37.4 Å². The maximum absolute atomic E-state index is 13.0. The molecule has 0 spiro atoms. The lowest BCUT2D eigenvalue weighted by Gasteiger charge is -2.24. The van der Waals surface area contributed by atoms with Crippen LogP contribution < -0.4 is 0 Å². The number of unbranched alkanes of at least 4 members (excludes halogenated alkanes) is 1. The molecule has 9 heteroatoms. The second-order valence-corrected chi connectivity index (χ2v) is 9.82. The molecule has 0 heterocycles. The Morgan fingerprint density at radius 3 is 1.78 bits per heavy atom. The number of hydrogen-bond acceptors (Lipinski definition) is 9. The van der Waals surface area contributed by atoms with Crippen LogP contribution in [0.15, 0.2) is 72.8 Å². The molecule has 0 unspecified atom stereocenters. The minimum atomic E-state index is -0.706. The van der Waals surface area contributed by atoms with Crippen LogP contribution in [0.5, 0.6) is 0 Å². The molecule has 0 aliphatic heterocycles. The van der Waals surface area contributed by atoms with Gasteiger partial charge in [-0.15, -0.1) is 0 Å². The van der Waals surface area contributed by atoms with Crippen LogP contribution in [-0.2, 0) is 33.3 Å². The van der Waals surface area contributed by atoms with Crippen molar-refractivity contribution in [3.63, 3.8) is 0 Å². The molecule has 2 aromatic carbocycles. The van der Waals surface area contributed by atoms with Gasteiger partial charge in [0.25, 0.3) is 0 Å². The van der Waals surface area contributed by atoms with Gasteiger partial charge in [0.2, 0.25) is 0 Å². The Hall–Kier alpha value is -4.27. The standard InChI is InChI=1S/C32H36O9/c1-38-29(34)16-10-9-15-24(33)17-18-25-26(19-20-30(35)39-2)28(41-32(37)23-13-7-4-8-14-23)21-27(25)40-31(36)22-11-5-3-6-12-22/h3-8,11-14,17-18,25-28H,9-10,15-16,19-21H2,1-2H3/b18-17+/t25-,26+,27-,28+/m1/s1. The second-order valence-electron chi connectivity index (χ2n) is 9.82. The molecule has 1 fully saturated rings. The number of rotatable bonds is 14. The Morgan fingerprint density at radius 1 is 0.707 bits per heavy atom. The Morgan fingerprint density at radius 2 is 1.22 bits per heavy atom. The highest BCUT2D eigenvalue weighted by Crippen LogP contribution is 2.41. The van der Waals surface area contributed by atoms with E-state index in [9.17, 15) is 24.0 Å². The highest BCUT2D eigenvalue weighted by Gasteiger charge is 2.46. The lowest BCUT2D eigenvalue weighted by molar-refractivity contribution is -0.141. The normalized spacial score (nSPS) is 19.9. The van der Waals surface area contributed by atoms with E-state index in [4.69, 9.17) is 14.2 Å². The summed E-state index contributed by atoms with van der Waals surface area (Å²) in [7, 11) is 2.62. The summed E-state index contributed by atoms with van der Waals surface area (Å²) in [6.45, 7) is 0. The molecule has 0 amide bonds. The van der Waals surface area contributed by atoms with E-state index in [0.717, 1.165) is 0 Å². The molecule has 1 aliphatic rings. The number of hydrogen-bond donors (Lipinski definition) is 0. The van der Waals surface area contributed by atoms with Gasteiger partial charge in [0.1, 0.15) is 12.2 Å². The predicted octanol–water partition coefficient (Wildman–Crippen LogP) is 4.89. The van der Waals surface area contributed by atoms with E-state index in [1.807, 2.05) is 0 Å². The van der Waals surface area contributed by atoms with Crippen LogP contribution in [0.2, 0.25) is 0 Å². The third-order valence-corrected chi connectivity index (χ3v) is 7.10. The fourth-order valence-corrected chi connectivity index (χ4v) is 4.91. The van der Waals surface area contributed by atoms with Crippen molar-refractivity contribution in [2.45, 2.75) is 57.2 Å². The van der Waals surface area contributed by atoms with E-state index in [1.54, 1.807) is 66.7 Å². The third-order valence-electron chi connectivity index (χ3n) is 7.10. The molecule has 9 nitrogen and oxygen atoms in total. The average Bonchev–Trinajstić information content (AvgIpc) is 3.32. The molecule has 4 atom stereocenters. The number of ether oxygens (including phenoxy) is 4. The third kappa shape index (κ3) is 9.70. The lowest BCUT2D eigenvalue weighted by atomic mass is 9.88. The smallest absolute Gasteiger partial charge is 0.338 e. The van der Waals surface area contributed by atoms with Gasteiger partial charge in [0.15, 0.2) is 5.78 Å². The molecule has 218 valence electrons. The summed E-state index contributed by atoms with van der Waals surface area (Å²) < 4.78 is 21.2. The van der Waals surface area contributed by atoms with Gasteiger partial charge in [-0.2, -0.15) is 0 Å². The number of carbonyl (C=O) groups excluding carboxylic acids is 5. The predicted molar refractivity (Wildman–Crippen MR) is 149 cm³/mol. The Balaban J connectivity index is 1.81. The van der Waals surface area contributed by atoms with Crippen molar-refractivity contribution in [2.24, 2.45) is 11.8 Å². The molecule has 0 saturated heterocycles. The molecule has 41 heavy (non-hydrogen) atoms. The summed E-state index contributed by atoms with van der Waals surface area (Å²) in [5.41, 5.74) is 0.742. The highest BCUT2D eigenvalue weighted by atomic mass is 16.6. The summed E-state index contributed by atoms with van der Waals surface area (Å²) in [4.78, 5) is 61.9. The van der Waals surface area contributed by atoms with Crippen molar-refractivity contribution in [1.82, 2.24) is 0 Å². The van der Waals surface area contributed by atoms with Gasteiger partial charge < -0.3 is 18.9 Å². The molecular formula is C32H36O9. The Labute approximate surface area is 239 Å². The number of ketones is 1. The van der Waals surface area contributed by atoms with Crippen molar-refractivity contribution in [2.75, 3.05) is 14.2 Å². The van der Waals surface area contributed by atoms with E-state index in [2.05, 4.69) is 4.74 Å². The summed E-state index contributed by atoms with van der Waals surface area (Å²) in [6, 6.07) is 17.1. The first-order valence-electron chi connectivity index (χ1n) is 13.7. The van der Waals surface area contributed by atoms with Crippen LogP contribution in [0, 0.1) is 11.8 Å².